The van der Waals surface area contributed by atoms with Gasteiger partial charge in [0, 0.05) is 13.0 Å². The maximum Gasteiger partial charge on any atom is 0.418 e. The number of nitrogens with one attached hydrogen (secondary N) is 1. The molecule has 15 nitrogen and oxygen atoms in total. The van der Waals surface area contributed by atoms with Crippen molar-refractivity contribution in [1.82, 2.24) is 35.5 Å². The lowest BCUT2D eigenvalue weighted by molar-refractivity contribution is -0.129. The van der Waals surface area contributed by atoms with Crippen molar-refractivity contribution in [3.05, 3.63) is 5.82 Å². The third-order valence-electron chi connectivity index (χ3n) is 4.93. The van der Waals surface area contributed by atoms with E-state index >= 15 is 0 Å². The van der Waals surface area contributed by atoms with Crippen molar-refractivity contribution in [2.75, 3.05) is 19.6 Å². The summed E-state index contributed by atoms with van der Waals surface area (Å²) in [6.45, 7) is 0.171. The summed E-state index contributed by atoms with van der Waals surface area (Å²) in [6, 6.07) is -2.33. The summed E-state index contributed by atoms with van der Waals surface area (Å²) in [5.41, 5.74) is 5.43. The molecule has 3 heterocycles. The fraction of sp³-hybridized carbons (Fsp3) is 0.733. The number of hydrogen-bond acceptors (Lipinski definition) is 10. The summed E-state index contributed by atoms with van der Waals surface area (Å²) in [7, 11) is -4.86. The zero-order chi connectivity index (χ0) is 22.6. The first kappa shape index (κ1) is 23.0. The van der Waals surface area contributed by atoms with Crippen LogP contribution < -0.4 is 11.1 Å². The number of aryl methyl sites for hydroxylation is 1. The Bertz CT molecular complexity index is 936. The third kappa shape index (κ3) is 5.93. The van der Waals surface area contributed by atoms with Crippen LogP contribution in [0.1, 0.15) is 31.5 Å². The molecule has 0 aliphatic carbocycles. The van der Waals surface area contributed by atoms with Crippen LogP contribution in [0.5, 0.6) is 0 Å². The average molecular weight is 460 g/mol. The van der Waals surface area contributed by atoms with Gasteiger partial charge in [-0.2, -0.15) is 18.3 Å². The molecule has 3 amide bonds. The largest absolute Gasteiger partial charge is 0.418 e. The molecule has 2 bridgehead atoms. The van der Waals surface area contributed by atoms with Crippen LogP contribution in [0, 0.1) is 0 Å². The van der Waals surface area contributed by atoms with E-state index in [0.29, 0.717) is 30.3 Å². The molecule has 3 rings (SSSR count). The number of ketones is 1. The van der Waals surface area contributed by atoms with Crippen LogP contribution in [-0.2, 0) is 37.2 Å². The summed E-state index contributed by atoms with van der Waals surface area (Å²) in [6.07, 6.45) is 2.79. The molecule has 0 unspecified atom stereocenters. The molecule has 2 aliphatic rings. The molecule has 1 aromatic heterocycles. The number of nitrogens with zero attached hydrogens (tertiary/aromatic N) is 6. The first-order chi connectivity index (χ1) is 14.7. The summed E-state index contributed by atoms with van der Waals surface area (Å²) in [5, 5.41) is 14.8. The van der Waals surface area contributed by atoms with Crippen molar-refractivity contribution in [2.45, 2.75) is 50.7 Å². The molecule has 0 aromatic carbocycles. The van der Waals surface area contributed by atoms with E-state index in [0.717, 1.165) is 22.5 Å². The van der Waals surface area contributed by atoms with Gasteiger partial charge in [-0.05, 0) is 37.4 Å². The van der Waals surface area contributed by atoms with E-state index in [1.807, 2.05) is 0 Å². The van der Waals surface area contributed by atoms with Gasteiger partial charge in [0.1, 0.15) is 12.6 Å². The predicted molar refractivity (Wildman–Crippen MR) is 101 cm³/mol. The SMILES string of the molecule is NCCCCc1nnn(CC(=O)CNC(=O)[C@@H]2CC[C@@H]3CN2C(=O)N3OS(=O)(=O)O)n1. The number of hydroxylamine groups is 2. The molecule has 0 saturated carbocycles. The minimum atomic E-state index is -4.86. The Balaban J connectivity index is 1.47. The maximum atomic E-state index is 12.5. The molecule has 1 aromatic rings. The molecule has 0 radical (unpaired) electrons. The first-order valence-electron chi connectivity index (χ1n) is 9.71. The van der Waals surface area contributed by atoms with Gasteiger partial charge in [0.25, 0.3) is 0 Å². The lowest BCUT2D eigenvalue weighted by Gasteiger charge is -2.29. The van der Waals surface area contributed by atoms with Gasteiger partial charge in [-0.15, -0.1) is 14.5 Å². The highest BCUT2D eigenvalue weighted by atomic mass is 32.3. The Morgan fingerprint density at radius 1 is 1.29 bits per heavy atom. The van der Waals surface area contributed by atoms with Crippen LogP contribution in [0.2, 0.25) is 0 Å². The topological polar surface area (TPSA) is 203 Å². The van der Waals surface area contributed by atoms with Crippen molar-refractivity contribution in [2.24, 2.45) is 5.73 Å². The number of amides is 3. The smallest absolute Gasteiger partial charge is 0.347 e. The van der Waals surface area contributed by atoms with Crippen LogP contribution in [0.25, 0.3) is 0 Å². The van der Waals surface area contributed by atoms with Crippen LogP contribution in [0.3, 0.4) is 0 Å². The molecule has 31 heavy (non-hydrogen) atoms. The summed E-state index contributed by atoms with van der Waals surface area (Å²) in [4.78, 5) is 39.2. The number of hydrogen-bond donors (Lipinski definition) is 3. The molecule has 172 valence electrons. The second-order valence-electron chi connectivity index (χ2n) is 7.25. The number of aromatic nitrogens is 4. The zero-order valence-electron chi connectivity index (χ0n) is 16.6. The third-order valence-corrected chi connectivity index (χ3v) is 5.28. The van der Waals surface area contributed by atoms with E-state index in [2.05, 4.69) is 25.0 Å². The second-order valence-corrected chi connectivity index (χ2v) is 8.25. The molecule has 2 saturated heterocycles. The number of Topliss-reactive ketones (excluding diaryl/α,β-unsaturated/α-hetero) is 1. The van der Waals surface area contributed by atoms with Gasteiger partial charge < -0.3 is 16.0 Å². The zero-order valence-corrected chi connectivity index (χ0v) is 17.4. The lowest BCUT2D eigenvalue weighted by atomic mass is 10.0. The predicted octanol–water partition coefficient (Wildman–Crippen LogP) is -2.36. The Kier molecular flexibility index (Phi) is 7.14. The monoisotopic (exact) mass is 460 g/mol. The fourth-order valence-corrected chi connectivity index (χ4v) is 3.88. The van der Waals surface area contributed by atoms with Crippen molar-refractivity contribution in [3.63, 3.8) is 0 Å². The van der Waals surface area contributed by atoms with Crippen LogP contribution in [0.4, 0.5) is 4.79 Å². The molecule has 2 fully saturated rings. The molecular weight excluding hydrogens is 436 g/mol. The van der Waals surface area contributed by atoms with Gasteiger partial charge in [0.15, 0.2) is 11.6 Å². The normalized spacial score (nSPS) is 20.9. The fourth-order valence-electron chi connectivity index (χ4n) is 3.49. The minimum absolute atomic E-state index is 0.0657. The minimum Gasteiger partial charge on any atom is -0.347 e. The van der Waals surface area contributed by atoms with Crippen molar-refractivity contribution >= 4 is 28.1 Å². The Labute approximate surface area is 177 Å². The standard InChI is InChI=1S/C15H24N8O7S/c16-6-2-1-3-13-18-20-22(19-13)9-11(24)7-17-14(25)12-5-4-10-8-21(12)15(26)23(10)30-31(27,28)29/h10,12H,1-9,16H2,(H,17,25)(H,27,28,29)/t10-,12+/m1/s1. The highest BCUT2D eigenvalue weighted by molar-refractivity contribution is 7.80. The van der Waals surface area contributed by atoms with Crippen LogP contribution >= 0.6 is 0 Å². The maximum absolute atomic E-state index is 12.5. The molecule has 4 N–H and O–H groups in total. The molecule has 0 spiro atoms. The van der Waals surface area contributed by atoms with E-state index in [1.165, 1.54) is 0 Å². The number of unbranched alkanes of at least 4 members (excludes halogenated alkanes) is 1. The number of piperidine rings is 1. The van der Waals surface area contributed by atoms with Gasteiger partial charge in [0.2, 0.25) is 5.91 Å². The van der Waals surface area contributed by atoms with Gasteiger partial charge in [-0.3, -0.25) is 14.1 Å². The van der Waals surface area contributed by atoms with Gasteiger partial charge >= 0.3 is 16.4 Å². The lowest BCUT2D eigenvalue weighted by Crippen LogP contribution is -2.50. The molecule has 2 aliphatic heterocycles. The molecule has 2 atom stereocenters. The first-order valence-corrected chi connectivity index (χ1v) is 11.1. The van der Waals surface area contributed by atoms with Crippen molar-refractivity contribution < 1.29 is 31.6 Å². The number of carbonyl (C=O) groups excluding carboxylic acids is 3. The molecular formula is C15H24N8O7S. The van der Waals surface area contributed by atoms with E-state index < -0.39 is 34.4 Å². The number of urea groups is 1. The summed E-state index contributed by atoms with van der Waals surface area (Å²) >= 11 is 0. The van der Waals surface area contributed by atoms with E-state index in [9.17, 15) is 22.8 Å². The van der Waals surface area contributed by atoms with Crippen molar-refractivity contribution in [3.8, 4) is 0 Å². The van der Waals surface area contributed by atoms with Gasteiger partial charge in [-0.1, -0.05) is 0 Å². The van der Waals surface area contributed by atoms with Gasteiger partial charge in [-0.25, -0.2) is 4.79 Å². The van der Waals surface area contributed by atoms with Gasteiger partial charge in [0.05, 0.1) is 12.6 Å². The number of nitrogens with two attached hydrogens (primary N) is 1. The second kappa shape index (κ2) is 9.63. The van der Waals surface area contributed by atoms with Crippen LogP contribution in [0.15, 0.2) is 0 Å². The quantitative estimate of drug-likeness (QED) is 0.235. The van der Waals surface area contributed by atoms with Crippen LogP contribution in [-0.4, -0.2) is 92.6 Å². The summed E-state index contributed by atoms with van der Waals surface area (Å²) < 4.78 is 34.9. The Morgan fingerprint density at radius 3 is 2.77 bits per heavy atom. The highest BCUT2D eigenvalue weighted by Gasteiger charge is 2.49. The number of carbonyl (C=O) groups is 3. The van der Waals surface area contributed by atoms with Crippen molar-refractivity contribution in [1.29, 1.82) is 0 Å². The highest BCUT2D eigenvalue weighted by Crippen LogP contribution is 2.30. The summed E-state index contributed by atoms with van der Waals surface area (Å²) in [5.74, 6) is -0.411. The van der Waals surface area contributed by atoms with E-state index in [-0.39, 0.29) is 31.8 Å². The van der Waals surface area contributed by atoms with E-state index in [4.69, 9.17) is 10.3 Å². The van der Waals surface area contributed by atoms with E-state index in [1.54, 1.807) is 0 Å². The Morgan fingerprint density at radius 2 is 2.06 bits per heavy atom. The molecule has 16 heteroatoms. The number of rotatable bonds is 11. The average Bonchev–Trinajstić information content (AvgIpc) is 3.24. The number of tetrazole rings is 1. The number of fused-ring (bicyclic) bond motifs is 2. The Hall–Kier alpha value is -2.69.